The van der Waals surface area contributed by atoms with Gasteiger partial charge >= 0.3 is 0 Å². The second-order valence-electron chi connectivity index (χ2n) is 8.28. The van der Waals surface area contributed by atoms with Crippen LogP contribution in [0.5, 0.6) is 0 Å². The summed E-state index contributed by atoms with van der Waals surface area (Å²) in [5.41, 5.74) is 2.33. The average Bonchev–Trinajstić information content (AvgIpc) is 2.72. The Bertz CT molecular complexity index is 907. The SMILES string of the molecule is Cc1ncc(C(=O)N2CCC3(CCC(=O)N(Cc4ccccn4)C3)CC2)c(C)n1. The molecule has 2 aromatic heterocycles. The maximum absolute atomic E-state index is 12.9. The van der Waals surface area contributed by atoms with E-state index in [0.717, 1.165) is 37.2 Å². The maximum atomic E-state index is 12.9. The quantitative estimate of drug-likeness (QED) is 0.801. The van der Waals surface area contributed by atoms with Crippen molar-refractivity contribution in [3.05, 3.63) is 53.4 Å². The van der Waals surface area contributed by atoms with Crippen molar-refractivity contribution in [1.82, 2.24) is 24.8 Å². The molecular formula is C22H27N5O2. The maximum Gasteiger partial charge on any atom is 0.257 e. The van der Waals surface area contributed by atoms with Crippen LogP contribution < -0.4 is 0 Å². The third-order valence-corrected chi connectivity index (χ3v) is 6.27. The number of likely N-dealkylation sites (tertiary alicyclic amines) is 2. The first kappa shape index (κ1) is 19.5. The molecule has 2 aliphatic rings. The molecule has 1 spiro atoms. The van der Waals surface area contributed by atoms with Crippen LogP contribution in [-0.2, 0) is 11.3 Å². The van der Waals surface area contributed by atoms with E-state index in [2.05, 4.69) is 15.0 Å². The van der Waals surface area contributed by atoms with Crippen LogP contribution in [0.2, 0.25) is 0 Å². The van der Waals surface area contributed by atoms with Gasteiger partial charge in [0, 0.05) is 38.4 Å². The second kappa shape index (κ2) is 7.89. The zero-order chi connectivity index (χ0) is 20.4. The van der Waals surface area contributed by atoms with E-state index in [4.69, 9.17) is 0 Å². The fraction of sp³-hybridized carbons (Fsp3) is 0.500. The van der Waals surface area contributed by atoms with Crippen LogP contribution >= 0.6 is 0 Å². The van der Waals surface area contributed by atoms with Gasteiger partial charge in [-0.2, -0.15) is 0 Å². The molecule has 0 bridgehead atoms. The van der Waals surface area contributed by atoms with E-state index in [9.17, 15) is 9.59 Å². The Morgan fingerprint density at radius 2 is 1.93 bits per heavy atom. The van der Waals surface area contributed by atoms with Gasteiger partial charge in [-0.3, -0.25) is 14.6 Å². The Balaban J connectivity index is 1.41. The van der Waals surface area contributed by atoms with Crippen LogP contribution in [0.1, 0.15) is 53.3 Å². The molecular weight excluding hydrogens is 366 g/mol. The monoisotopic (exact) mass is 393 g/mol. The number of nitrogens with zero attached hydrogens (tertiary/aromatic N) is 5. The summed E-state index contributed by atoms with van der Waals surface area (Å²) in [6, 6.07) is 5.80. The van der Waals surface area contributed by atoms with Crippen molar-refractivity contribution >= 4 is 11.8 Å². The van der Waals surface area contributed by atoms with Gasteiger partial charge in [-0.25, -0.2) is 9.97 Å². The van der Waals surface area contributed by atoms with Gasteiger partial charge in [0.25, 0.3) is 5.91 Å². The van der Waals surface area contributed by atoms with Crippen LogP contribution in [-0.4, -0.2) is 56.2 Å². The summed E-state index contributed by atoms with van der Waals surface area (Å²) in [6.45, 7) is 6.40. The highest BCUT2D eigenvalue weighted by Crippen LogP contribution is 2.40. The molecule has 0 aliphatic carbocycles. The molecule has 7 heteroatoms. The van der Waals surface area contributed by atoms with Crippen molar-refractivity contribution in [2.75, 3.05) is 19.6 Å². The van der Waals surface area contributed by atoms with Gasteiger partial charge in [-0.15, -0.1) is 0 Å². The van der Waals surface area contributed by atoms with Crippen molar-refractivity contribution in [1.29, 1.82) is 0 Å². The molecule has 2 amide bonds. The number of carbonyl (C=O) groups excluding carboxylic acids is 2. The van der Waals surface area contributed by atoms with E-state index in [1.165, 1.54) is 0 Å². The van der Waals surface area contributed by atoms with E-state index in [1.807, 2.05) is 41.8 Å². The summed E-state index contributed by atoms with van der Waals surface area (Å²) in [6.07, 6.45) is 6.70. The lowest BCUT2D eigenvalue weighted by atomic mass is 9.72. The number of aromatic nitrogens is 3. The smallest absolute Gasteiger partial charge is 0.257 e. The number of piperidine rings is 2. The third-order valence-electron chi connectivity index (χ3n) is 6.27. The number of amides is 2. The summed E-state index contributed by atoms with van der Waals surface area (Å²) in [7, 11) is 0. The van der Waals surface area contributed by atoms with Gasteiger partial charge in [-0.1, -0.05) is 6.07 Å². The lowest BCUT2D eigenvalue weighted by Gasteiger charge is -2.47. The Kier molecular flexibility index (Phi) is 5.30. The zero-order valence-corrected chi connectivity index (χ0v) is 17.1. The molecule has 2 aliphatic heterocycles. The number of hydrogen-bond donors (Lipinski definition) is 0. The molecule has 0 unspecified atom stereocenters. The molecule has 7 nitrogen and oxygen atoms in total. The summed E-state index contributed by atoms with van der Waals surface area (Å²) in [5, 5.41) is 0. The molecule has 2 fully saturated rings. The number of aryl methyl sites for hydroxylation is 2. The summed E-state index contributed by atoms with van der Waals surface area (Å²) < 4.78 is 0. The average molecular weight is 393 g/mol. The van der Waals surface area contributed by atoms with Crippen molar-refractivity contribution in [2.24, 2.45) is 5.41 Å². The van der Waals surface area contributed by atoms with Crippen LogP contribution in [0, 0.1) is 19.3 Å². The molecule has 2 aromatic rings. The molecule has 0 radical (unpaired) electrons. The van der Waals surface area contributed by atoms with Crippen molar-refractivity contribution < 1.29 is 9.59 Å². The largest absolute Gasteiger partial charge is 0.339 e. The van der Waals surface area contributed by atoms with Gasteiger partial charge in [0.05, 0.1) is 23.5 Å². The lowest BCUT2D eigenvalue weighted by molar-refractivity contribution is -0.139. The molecule has 4 rings (SSSR count). The second-order valence-corrected chi connectivity index (χ2v) is 8.28. The minimum absolute atomic E-state index is 0.00887. The predicted octanol–water partition coefficient (Wildman–Crippen LogP) is 2.53. The molecule has 0 saturated carbocycles. The van der Waals surface area contributed by atoms with Crippen LogP contribution in [0.25, 0.3) is 0 Å². The fourth-order valence-electron chi connectivity index (χ4n) is 4.49. The molecule has 29 heavy (non-hydrogen) atoms. The Morgan fingerprint density at radius 3 is 2.62 bits per heavy atom. The van der Waals surface area contributed by atoms with E-state index in [1.54, 1.807) is 12.4 Å². The molecule has 4 heterocycles. The third kappa shape index (κ3) is 4.13. The van der Waals surface area contributed by atoms with E-state index in [-0.39, 0.29) is 17.2 Å². The number of carbonyl (C=O) groups is 2. The molecule has 0 N–H and O–H groups in total. The topological polar surface area (TPSA) is 79.3 Å². The van der Waals surface area contributed by atoms with Crippen molar-refractivity contribution in [2.45, 2.75) is 46.1 Å². The zero-order valence-electron chi connectivity index (χ0n) is 17.1. The van der Waals surface area contributed by atoms with E-state index in [0.29, 0.717) is 37.4 Å². The Morgan fingerprint density at radius 1 is 1.14 bits per heavy atom. The highest BCUT2D eigenvalue weighted by molar-refractivity contribution is 5.95. The Hall–Kier alpha value is -2.83. The van der Waals surface area contributed by atoms with Crippen LogP contribution in [0.4, 0.5) is 0 Å². The van der Waals surface area contributed by atoms with Crippen molar-refractivity contribution in [3.63, 3.8) is 0 Å². The molecule has 0 atom stereocenters. The van der Waals surface area contributed by atoms with E-state index >= 15 is 0 Å². The van der Waals surface area contributed by atoms with Crippen molar-refractivity contribution in [3.8, 4) is 0 Å². The summed E-state index contributed by atoms with van der Waals surface area (Å²) >= 11 is 0. The lowest BCUT2D eigenvalue weighted by Crippen LogP contribution is -2.52. The number of rotatable bonds is 3. The van der Waals surface area contributed by atoms with Gasteiger partial charge in [0.15, 0.2) is 0 Å². The Labute approximate surface area is 171 Å². The fourth-order valence-corrected chi connectivity index (χ4v) is 4.49. The standard InChI is InChI=1S/C22H27N5O2/c1-16-19(13-24-17(2)25-16)21(29)26-11-8-22(9-12-26)7-6-20(28)27(15-22)14-18-5-3-4-10-23-18/h3-5,10,13H,6-9,11-12,14-15H2,1-2H3. The normalized spacial score (nSPS) is 18.9. The first-order valence-corrected chi connectivity index (χ1v) is 10.2. The number of hydrogen-bond acceptors (Lipinski definition) is 5. The number of pyridine rings is 1. The molecule has 2 saturated heterocycles. The van der Waals surface area contributed by atoms with Crippen LogP contribution in [0.15, 0.2) is 30.6 Å². The summed E-state index contributed by atoms with van der Waals surface area (Å²) in [5.74, 6) is 0.887. The highest BCUT2D eigenvalue weighted by atomic mass is 16.2. The molecule has 0 aromatic carbocycles. The predicted molar refractivity (Wildman–Crippen MR) is 108 cm³/mol. The minimum Gasteiger partial charge on any atom is -0.339 e. The van der Waals surface area contributed by atoms with Crippen LogP contribution in [0.3, 0.4) is 0 Å². The van der Waals surface area contributed by atoms with Gasteiger partial charge in [0.2, 0.25) is 5.91 Å². The minimum atomic E-state index is 0.00887. The summed E-state index contributed by atoms with van der Waals surface area (Å²) in [4.78, 5) is 42.1. The van der Waals surface area contributed by atoms with E-state index < -0.39 is 0 Å². The first-order valence-electron chi connectivity index (χ1n) is 10.2. The van der Waals surface area contributed by atoms with Gasteiger partial charge in [-0.05, 0) is 50.7 Å². The highest BCUT2D eigenvalue weighted by Gasteiger charge is 2.42. The first-order chi connectivity index (χ1) is 14.0. The van der Waals surface area contributed by atoms with Gasteiger partial charge < -0.3 is 9.80 Å². The van der Waals surface area contributed by atoms with Gasteiger partial charge in [0.1, 0.15) is 5.82 Å². The molecule has 152 valence electrons.